The van der Waals surface area contributed by atoms with E-state index in [1.807, 2.05) is 6.07 Å². The number of benzene rings is 2. The summed E-state index contributed by atoms with van der Waals surface area (Å²) in [7, 11) is 1.51. The van der Waals surface area contributed by atoms with Crippen molar-refractivity contribution in [1.29, 1.82) is 0 Å². The molecular weight excluding hydrogens is 378 g/mol. The summed E-state index contributed by atoms with van der Waals surface area (Å²) in [4.78, 5) is 12.1. The van der Waals surface area contributed by atoms with E-state index in [1.165, 1.54) is 18.2 Å². The van der Waals surface area contributed by atoms with Crippen molar-refractivity contribution in [2.45, 2.75) is 11.8 Å². The van der Waals surface area contributed by atoms with Crippen LogP contribution in [-0.2, 0) is 9.05 Å². The summed E-state index contributed by atoms with van der Waals surface area (Å²) in [6, 6.07) is 11.2. The molecule has 0 aliphatic carbocycles. The molecule has 0 saturated heterocycles. The zero-order chi connectivity index (χ0) is 15.6. The Bertz CT molecular complexity index is 806. The lowest BCUT2D eigenvalue weighted by atomic mass is 10.1. The van der Waals surface area contributed by atoms with Gasteiger partial charge in [0.2, 0.25) is 0 Å². The molecule has 2 aromatic rings. The van der Waals surface area contributed by atoms with E-state index in [4.69, 9.17) is 10.7 Å². The number of halogens is 2. The van der Waals surface area contributed by atoms with E-state index >= 15 is 0 Å². The second-order valence-electron chi connectivity index (χ2n) is 4.38. The van der Waals surface area contributed by atoms with E-state index in [0.717, 1.165) is 4.47 Å². The zero-order valence-corrected chi connectivity index (χ0v) is 14.1. The first kappa shape index (κ1) is 16.0. The molecule has 0 saturated carbocycles. The van der Waals surface area contributed by atoms with Gasteiger partial charge < -0.3 is 5.32 Å². The second kappa shape index (κ2) is 6.17. The molecule has 21 heavy (non-hydrogen) atoms. The molecule has 2 rings (SSSR count). The van der Waals surface area contributed by atoms with Crippen molar-refractivity contribution in [2.75, 3.05) is 5.32 Å². The van der Waals surface area contributed by atoms with Crippen molar-refractivity contribution in [3.63, 3.8) is 0 Å². The number of carbonyl (C=O) groups excluding carboxylic acids is 1. The molecular formula is C14H11BrClNO3S. The molecule has 0 aliphatic rings. The predicted octanol–water partition coefficient (Wildman–Crippen LogP) is 3.94. The monoisotopic (exact) mass is 387 g/mol. The van der Waals surface area contributed by atoms with Crippen LogP contribution < -0.4 is 5.32 Å². The van der Waals surface area contributed by atoms with E-state index < -0.39 is 9.05 Å². The maximum Gasteiger partial charge on any atom is 0.261 e. The Morgan fingerprint density at radius 2 is 1.90 bits per heavy atom. The molecule has 0 fully saturated rings. The second-order valence-corrected chi connectivity index (χ2v) is 7.86. The van der Waals surface area contributed by atoms with Crippen molar-refractivity contribution in [1.82, 2.24) is 0 Å². The normalized spacial score (nSPS) is 11.2. The molecule has 0 atom stereocenters. The molecule has 1 amide bonds. The van der Waals surface area contributed by atoms with Gasteiger partial charge in [0, 0.05) is 26.4 Å². The first-order chi connectivity index (χ1) is 9.77. The van der Waals surface area contributed by atoms with Crippen LogP contribution >= 0.6 is 26.6 Å². The first-order valence-corrected chi connectivity index (χ1v) is 9.00. The molecule has 2 aromatic carbocycles. The van der Waals surface area contributed by atoms with Gasteiger partial charge in [0.15, 0.2) is 0 Å². The van der Waals surface area contributed by atoms with Gasteiger partial charge >= 0.3 is 0 Å². The molecule has 0 unspecified atom stereocenters. The van der Waals surface area contributed by atoms with Crippen molar-refractivity contribution in [2.24, 2.45) is 0 Å². The Balaban J connectivity index is 2.26. The topological polar surface area (TPSA) is 63.2 Å². The summed E-state index contributed by atoms with van der Waals surface area (Å²) >= 11 is 3.30. The number of hydrogen-bond acceptors (Lipinski definition) is 3. The van der Waals surface area contributed by atoms with Gasteiger partial charge in [0.25, 0.3) is 15.0 Å². The van der Waals surface area contributed by atoms with Crippen molar-refractivity contribution in [3.05, 3.63) is 58.1 Å². The maximum absolute atomic E-state index is 12.1. The highest BCUT2D eigenvalue weighted by atomic mass is 79.9. The number of amides is 1. The highest BCUT2D eigenvalue weighted by Crippen LogP contribution is 2.23. The SMILES string of the molecule is Cc1cc(S(=O)(=O)Cl)ccc1NC(=O)c1cccc(Br)c1. The zero-order valence-electron chi connectivity index (χ0n) is 10.9. The van der Waals surface area contributed by atoms with E-state index in [9.17, 15) is 13.2 Å². The molecule has 110 valence electrons. The third kappa shape index (κ3) is 4.06. The van der Waals surface area contributed by atoms with E-state index in [1.54, 1.807) is 25.1 Å². The van der Waals surface area contributed by atoms with Crippen LogP contribution in [0.5, 0.6) is 0 Å². The maximum atomic E-state index is 12.1. The average molecular weight is 389 g/mol. The lowest BCUT2D eigenvalue weighted by Gasteiger charge is -2.09. The van der Waals surface area contributed by atoms with Gasteiger partial charge in [-0.1, -0.05) is 22.0 Å². The van der Waals surface area contributed by atoms with Crippen LogP contribution in [0.25, 0.3) is 0 Å². The molecule has 0 aliphatic heterocycles. The molecule has 0 spiro atoms. The summed E-state index contributed by atoms with van der Waals surface area (Å²) in [5.74, 6) is -0.277. The van der Waals surface area contributed by atoms with Crippen LogP contribution in [0.2, 0.25) is 0 Å². The van der Waals surface area contributed by atoms with Crippen LogP contribution in [0.15, 0.2) is 51.8 Å². The quantitative estimate of drug-likeness (QED) is 0.810. The number of rotatable bonds is 3. The highest BCUT2D eigenvalue weighted by Gasteiger charge is 2.13. The summed E-state index contributed by atoms with van der Waals surface area (Å²) in [6.45, 7) is 1.70. The Morgan fingerprint density at radius 3 is 2.48 bits per heavy atom. The fourth-order valence-corrected chi connectivity index (χ4v) is 2.99. The van der Waals surface area contributed by atoms with Crippen LogP contribution in [-0.4, -0.2) is 14.3 Å². The minimum atomic E-state index is -3.78. The Hall–Kier alpha value is -1.37. The largest absolute Gasteiger partial charge is 0.322 e. The number of anilines is 1. The molecule has 0 heterocycles. The predicted molar refractivity (Wildman–Crippen MR) is 86.3 cm³/mol. The lowest BCUT2D eigenvalue weighted by Crippen LogP contribution is -2.12. The molecule has 0 radical (unpaired) electrons. The van der Waals surface area contributed by atoms with Gasteiger partial charge in [-0.3, -0.25) is 4.79 Å². The van der Waals surface area contributed by atoms with Gasteiger partial charge in [-0.15, -0.1) is 0 Å². The van der Waals surface area contributed by atoms with Crippen LogP contribution in [0.4, 0.5) is 5.69 Å². The Labute approximate surface area is 135 Å². The fourth-order valence-electron chi connectivity index (χ4n) is 1.75. The van der Waals surface area contributed by atoms with E-state index in [2.05, 4.69) is 21.2 Å². The number of aryl methyl sites for hydroxylation is 1. The molecule has 1 N–H and O–H groups in total. The third-order valence-corrected chi connectivity index (χ3v) is 4.66. The summed E-state index contributed by atoms with van der Waals surface area (Å²) in [6.07, 6.45) is 0. The molecule has 0 bridgehead atoms. The molecule has 7 heteroatoms. The van der Waals surface area contributed by atoms with E-state index in [-0.39, 0.29) is 10.8 Å². The van der Waals surface area contributed by atoms with Crippen LogP contribution in [0.1, 0.15) is 15.9 Å². The Kier molecular flexibility index (Phi) is 4.70. The summed E-state index contributed by atoms with van der Waals surface area (Å²) < 4.78 is 23.3. The number of carbonyl (C=O) groups is 1. The number of nitrogens with one attached hydrogen (secondary N) is 1. The minimum Gasteiger partial charge on any atom is -0.322 e. The third-order valence-electron chi connectivity index (χ3n) is 2.81. The van der Waals surface area contributed by atoms with Gasteiger partial charge in [0.05, 0.1) is 4.90 Å². The summed E-state index contributed by atoms with van der Waals surface area (Å²) in [5, 5.41) is 2.73. The summed E-state index contributed by atoms with van der Waals surface area (Å²) in [5.41, 5.74) is 1.64. The van der Waals surface area contributed by atoms with E-state index in [0.29, 0.717) is 16.8 Å². The van der Waals surface area contributed by atoms with Crippen molar-refractivity contribution < 1.29 is 13.2 Å². The smallest absolute Gasteiger partial charge is 0.261 e. The molecule has 4 nitrogen and oxygen atoms in total. The van der Waals surface area contributed by atoms with Gasteiger partial charge in [-0.2, -0.15) is 0 Å². The van der Waals surface area contributed by atoms with Crippen LogP contribution in [0, 0.1) is 6.92 Å². The fraction of sp³-hybridized carbons (Fsp3) is 0.0714. The first-order valence-electron chi connectivity index (χ1n) is 5.89. The van der Waals surface area contributed by atoms with Gasteiger partial charge in [-0.25, -0.2) is 8.42 Å². The standard InChI is InChI=1S/C14H11BrClNO3S/c1-9-7-12(21(16,19)20)5-6-13(9)17-14(18)10-3-2-4-11(15)8-10/h2-8H,1H3,(H,17,18). The highest BCUT2D eigenvalue weighted by molar-refractivity contribution is 9.10. The number of hydrogen-bond donors (Lipinski definition) is 1. The van der Waals surface area contributed by atoms with Gasteiger partial charge in [-0.05, 0) is 48.9 Å². The minimum absolute atomic E-state index is 0.00196. The lowest BCUT2D eigenvalue weighted by molar-refractivity contribution is 0.102. The van der Waals surface area contributed by atoms with Gasteiger partial charge in [0.1, 0.15) is 0 Å². The average Bonchev–Trinajstić information content (AvgIpc) is 2.39. The Morgan fingerprint density at radius 1 is 1.19 bits per heavy atom. The van der Waals surface area contributed by atoms with Crippen molar-refractivity contribution in [3.8, 4) is 0 Å². The van der Waals surface area contributed by atoms with Crippen molar-refractivity contribution >= 4 is 47.3 Å². The molecule has 0 aromatic heterocycles. The van der Waals surface area contributed by atoms with Crippen LogP contribution in [0.3, 0.4) is 0 Å².